The average molecular weight is 1460 g/mol. The van der Waals surface area contributed by atoms with E-state index >= 15 is 0 Å². The van der Waals surface area contributed by atoms with Crippen molar-refractivity contribution in [2.45, 2.75) is 87.5 Å². The van der Waals surface area contributed by atoms with Crippen molar-refractivity contribution in [1.82, 2.24) is 14.9 Å². The molecule has 17 nitrogen and oxygen atoms in total. The number of aromatic amines is 1. The number of carbonyl (C=O) groups excluding carboxylic acids is 1. The summed E-state index contributed by atoms with van der Waals surface area (Å²) >= 11 is 20.2. The summed E-state index contributed by atoms with van der Waals surface area (Å²) in [4.78, 5) is 47.5. The molecule has 0 bridgehead atoms. The molecule has 9 aromatic rings. The summed E-state index contributed by atoms with van der Waals surface area (Å²) in [6.07, 6.45) is 0.471. The van der Waals surface area contributed by atoms with Gasteiger partial charge >= 0.3 is 11.2 Å². The molecule has 2 heterocycles. The lowest BCUT2D eigenvalue weighted by molar-refractivity contribution is 0.0694. The summed E-state index contributed by atoms with van der Waals surface area (Å²) in [5.41, 5.74) is 6.79. The van der Waals surface area contributed by atoms with Crippen LogP contribution in [0.1, 0.15) is 87.2 Å². The van der Waals surface area contributed by atoms with Gasteiger partial charge in [-0.05, 0) is 276 Å². The largest absolute Gasteiger partial charge is 0.497 e. The lowest BCUT2D eigenvalue weighted by Crippen LogP contribution is -2.30. The molecule has 508 valence electrons. The van der Waals surface area contributed by atoms with Gasteiger partial charge in [0.05, 0.1) is 64.6 Å². The Hall–Kier alpha value is -7.69. The number of carbonyl (C=O) groups is 2. The van der Waals surface area contributed by atoms with E-state index in [0.717, 1.165) is 97.4 Å². The topological polar surface area (TPSA) is 206 Å². The third-order valence-electron chi connectivity index (χ3n) is 12.8. The number of pyridine rings is 2. The molecule has 0 fully saturated rings. The summed E-state index contributed by atoms with van der Waals surface area (Å²) in [5.74, 6) is 4.65. The minimum Gasteiger partial charge on any atom is -0.497 e. The van der Waals surface area contributed by atoms with Crippen LogP contribution in [0.25, 0.3) is 48.9 Å². The quantitative estimate of drug-likeness (QED) is 0.0400. The maximum atomic E-state index is 12.3. The number of carboxylic acid groups (broad SMARTS) is 1. The van der Waals surface area contributed by atoms with Crippen molar-refractivity contribution in [1.29, 1.82) is 0 Å². The minimum atomic E-state index is -3.22. The summed E-state index contributed by atoms with van der Waals surface area (Å²) in [5, 5.41) is 9.37. The Morgan fingerprint density at radius 3 is 1.32 bits per heavy atom. The number of benzene rings is 7. The fraction of sp³-hybridized carbons (Fsp3) is 0.271. The molecule has 0 saturated heterocycles. The molecule has 2 aromatic heterocycles. The molecule has 7 aromatic carbocycles. The molecular weight excluding hydrogens is 1380 g/mol. The Kier molecular flexibility index (Phi) is 35.5. The number of nitrogens with one attached hydrogen (secondary N) is 1. The molecule has 2 N–H and O–H groups in total. The first-order chi connectivity index (χ1) is 44.9. The van der Waals surface area contributed by atoms with Crippen LogP contribution < -0.4 is 38.7 Å². The van der Waals surface area contributed by atoms with E-state index in [4.69, 9.17) is 60.6 Å². The number of aromatic carboxylic acids is 1. The highest BCUT2D eigenvalue weighted by Crippen LogP contribution is 2.61. The van der Waals surface area contributed by atoms with Gasteiger partial charge in [0.1, 0.15) is 45.4 Å². The molecule has 1 amide bonds. The van der Waals surface area contributed by atoms with Crippen molar-refractivity contribution in [3.8, 4) is 62.8 Å². The first kappa shape index (κ1) is 81.5. The Balaban J connectivity index is 0.000000306. The van der Waals surface area contributed by atoms with Gasteiger partial charge in [-0.25, -0.2) is 18.8 Å². The Labute approximate surface area is 586 Å². The third kappa shape index (κ3) is 29.5. The van der Waals surface area contributed by atoms with E-state index in [-0.39, 0.29) is 29.8 Å². The summed E-state index contributed by atoms with van der Waals surface area (Å²) in [6.45, 7) is 27.8. The predicted octanol–water partition coefficient (Wildman–Crippen LogP) is 20.4. The number of hydrogen-bond donors (Lipinski definition) is 2. The molecule has 0 aliphatic heterocycles. The standard InChI is InChI=1S/C19H18ClNO2.C19H19NO3.C13H19NO2.C10H11NO.C9H10O3.Cl3OP.Cl2OS/c1-12(2)23-15-6-4-13(5-7-15)18-11-14-10-16(22-3)8-9-17(14)19(20)21-18;1-12(2)23-15-6-4-13(5-7-15)18-11-14-10-16(22-3)8-9-17(14)19(21)20-18;1-5-14(6-2)13(15)12-8-7-11(16-4)9-10(12)3;1-8(2)12-10-6-4-9(11-3)5-7-10;1-6-5-7(12-2)3-4-8(6)9(10)11;1-5(2,3)4;1-4(2)3/h4-12H,1-3H3;4-12H,1-3H3,(H,20,21);7-9H,5-6H2,1-4H3;4-8H,1-2H3;3-5H,1-2H3,(H,10,11);;. The molecule has 25 heteroatoms. The minimum absolute atomic E-state index is 0.0881. The molecule has 0 radical (unpaired) electrons. The van der Waals surface area contributed by atoms with Crippen molar-refractivity contribution in [3.05, 3.63) is 207 Å². The molecule has 95 heavy (non-hydrogen) atoms. The highest BCUT2D eigenvalue weighted by atomic mass is 36.0. The van der Waals surface area contributed by atoms with Crippen LogP contribution in [0.15, 0.2) is 163 Å². The number of halogens is 6. The van der Waals surface area contributed by atoms with Crippen molar-refractivity contribution in [2.24, 2.45) is 0 Å². The number of nitrogens with zero attached hydrogens (tertiary/aromatic N) is 3. The number of fused-ring (bicyclic) bond motifs is 2. The van der Waals surface area contributed by atoms with Gasteiger partial charge in [-0.1, -0.05) is 23.7 Å². The van der Waals surface area contributed by atoms with E-state index in [1.807, 2.05) is 182 Å². The van der Waals surface area contributed by atoms with Gasteiger partial charge in [-0.2, -0.15) is 0 Å². The van der Waals surface area contributed by atoms with Gasteiger partial charge < -0.3 is 48.1 Å². The number of carboxylic acids is 1. The average Bonchev–Trinajstić information content (AvgIpc) is 0.876. The molecule has 0 unspecified atom stereocenters. The maximum Gasteiger partial charge on any atom is 0.339 e. The molecule has 9 rings (SSSR count). The van der Waals surface area contributed by atoms with Gasteiger partial charge in [0, 0.05) is 62.0 Å². The molecule has 0 saturated carbocycles. The maximum absolute atomic E-state index is 12.3. The van der Waals surface area contributed by atoms with Gasteiger partial charge in [0.25, 0.3) is 11.5 Å². The predicted molar refractivity (Wildman–Crippen MR) is 390 cm³/mol. The molecule has 0 atom stereocenters. The number of rotatable bonds is 16. The molecular formula is C70H77Cl6N4O13PS. The zero-order chi connectivity index (χ0) is 71.1. The monoisotopic (exact) mass is 1450 g/mol. The van der Waals surface area contributed by atoms with Crippen LogP contribution in [-0.4, -0.2) is 95.9 Å². The third-order valence-corrected chi connectivity index (χ3v) is 13.1. The Bertz CT molecular complexity index is 4080. The molecule has 0 aliphatic carbocycles. The van der Waals surface area contributed by atoms with E-state index in [1.165, 1.54) is 6.07 Å². The van der Waals surface area contributed by atoms with Crippen LogP contribution in [0.4, 0.5) is 5.69 Å². The van der Waals surface area contributed by atoms with Crippen LogP contribution >= 0.6 is 71.9 Å². The number of ether oxygens (including phenoxy) is 7. The second-order valence-electron chi connectivity index (χ2n) is 20.7. The van der Waals surface area contributed by atoms with Crippen LogP contribution in [0, 0.1) is 20.4 Å². The number of hydrogen-bond acceptors (Lipinski definition) is 13. The summed E-state index contributed by atoms with van der Waals surface area (Å²) in [6, 6.07) is 48.3. The van der Waals surface area contributed by atoms with Crippen molar-refractivity contribution in [2.75, 3.05) is 41.5 Å². The molecule has 0 spiro atoms. The van der Waals surface area contributed by atoms with Crippen molar-refractivity contribution < 1.29 is 56.6 Å². The van der Waals surface area contributed by atoms with E-state index < -0.39 is 20.4 Å². The van der Waals surface area contributed by atoms with E-state index in [9.17, 15) is 18.9 Å². The smallest absolute Gasteiger partial charge is 0.339 e. The van der Waals surface area contributed by atoms with E-state index in [2.05, 4.69) is 69.9 Å². The number of amides is 1. The van der Waals surface area contributed by atoms with E-state index in [0.29, 0.717) is 33.1 Å². The lowest BCUT2D eigenvalue weighted by Gasteiger charge is -2.19. The normalized spacial score (nSPS) is 10.4. The Morgan fingerprint density at radius 2 is 0.937 bits per heavy atom. The number of methoxy groups -OCH3 is 4. The summed E-state index contributed by atoms with van der Waals surface area (Å²) in [7, 11) is 13.8. The number of H-pyrrole nitrogens is 1. The Morgan fingerprint density at radius 1 is 0.579 bits per heavy atom. The van der Waals surface area contributed by atoms with Crippen LogP contribution in [0.2, 0.25) is 5.15 Å². The fourth-order valence-electron chi connectivity index (χ4n) is 8.52. The summed E-state index contributed by atoms with van der Waals surface area (Å²) < 4.78 is 55.9. The number of aryl methyl sites for hydroxylation is 2. The van der Waals surface area contributed by atoms with Crippen molar-refractivity contribution in [3.63, 3.8) is 0 Å². The van der Waals surface area contributed by atoms with Gasteiger partial charge in [-0.15, -0.1) is 0 Å². The van der Waals surface area contributed by atoms with Crippen LogP contribution in [-0.2, 0) is 13.8 Å². The first-order valence-electron chi connectivity index (χ1n) is 29.2. The fourth-order valence-corrected chi connectivity index (χ4v) is 8.78. The highest BCUT2D eigenvalue weighted by Gasteiger charge is 2.16. The molecule has 0 aliphatic rings. The highest BCUT2D eigenvalue weighted by molar-refractivity contribution is 8.26. The SMILES string of the molecule is CCN(CC)C(=O)c1ccc(OC)cc1C.COc1ccc(C(=O)O)c(C)c1.COc1ccc2c(=O)[nH]c(-c3ccc(OC(C)C)cc3)cc2c1.COc1ccc2c(Cl)nc(-c3ccc(OC(C)C)cc3)cc2c1.O=P(Cl)(Cl)Cl.O=S(Cl)Cl.[C-]#[N+]c1ccc(OC(C)C)cc1. The second kappa shape index (κ2) is 41.3. The van der Waals surface area contributed by atoms with Crippen molar-refractivity contribution >= 4 is 120 Å². The lowest BCUT2D eigenvalue weighted by atomic mass is 10.1. The van der Waals surface area contributed by atoms with Crippen LogP contribution in [0.5, 0.6) is 40.2 Å². The number of aromatic nitrogens is 2. The first-order valence-corrected chi connectivity index (χ1v) is 36.8. The van der Waals surface area contributed by atoms with E-state index in [1.54, 1.807) is 71.8 Å². The second-order valence-corrected chi connectivity index (χ2v) is 30.3. The van der Waals surface area contributed by atoms with Gasteiger partial charge in [0.15, 0.2) is 5.69 Å². The zero-order valence-corrected chi connectivity index (χ0v) is 61.2. The van der Waals surface area contributed by atoms with Gasteiger partial charge in [0.2, 0.25) is 9.23 Å². The van der Waals surface area contributed by atoms with Gasteiger partial charge in [-0.3, -0.25) is 14.2 Å². The zero-order valence-electron chi connectivity index (χ0n) is 55.0. The van der Waals surface area contributed by atoms with Crippen LogP contribution in [0.3, 0.4) is 0 Å².